The van der Waals surface area contributed by atoms with Crippen LogP contribution in [-0.2, 0) is 21.5 Å². The highest BCUT2D eigenvalue weighted by Gasteiger charge is 2.47. The van der Waals surface area contributed by atoms with Crippen molar-refractivity contribution in [1.29, 1.82) is 5.41 Å². The van der Waals surface area contributed by atoms with E-state index >= 15 is 0 Å². The molecule has 3 rings (SSSR count). The van der Waals surface area contributed by atoms with Gasteiger partial charge in [-0.3, -0.25) is 20.3 Å². The minimum atomic E-state index is -0.737. The van der Waals surface area contributed by atoms with Gasteiger partial charge in [-0.15, -0.1) is 0 Å². The van der Waals surface area contributed by atoms with Crippen molar-refractivity contribution in [2.45, 2.75) is 57.5 Å². The number of nitrogens with one attached hydrogen (secondary N) is 4. The van der Waals surface area contributed by atoms with Gasteiger partial charge in [0.25, 0.3) is 0 Å². The first kappa shape index (κ1) is 28.7. The van der Waals surface area contributed by atoms with Crippen LogP contribution in [0.2, 0.25) is 0 Å². The van der Waals surface area contributed by atoms with E-state index in [1.807, 2.05) is 13.8 Å². The van der Waals surface area contributed by atoms with Crippen molar-refractivity contribution in [3.05, 3.63) is 53.3 Å². The number of halogens is 1. The summed E-state index contributed by atoms with van der Waals surface area (Å²) in [4.78, 5) is 26.0. The third kappa shape index (κ3) is 7.14. The average molecular weight is 529 g/mol. The lowest BCUT2D eigenvalue weighted by Gasteiger charge is -2.26. The topological polar surface area (TPSA) is 122 Å². The summed E-state index contributed by atoms with van der Waals surface area (Å²) < 4.78 is 29.5. The summed E-state index contributed by atoms with van der Waals surface area (Å²) in [6.45, 7) is 4.06. The van der Waals surface area contributed by atoms with Gasteiger partial charge in [0, 0.05) is 0 Å². The maximum Gasteiger partial charge on any atom is 0.243 e. The third-order valence-electron chi connectivity index (χ3n) is 6.86. The predicted octanol–water partition coefficient (Wildman–Crippen LogP) is 3.64. The minimum absolute atomic E-state index is 0.0160. The molecule has 0 bridgehead atoms. The second-order valence-electron chi connectivity index (χ2n) is 9.66. The number of benzene rings is 2. The lowest BCUT2D eigenvalue weighted by molar-refractivity contribution is -0.124. The fourth-order valence-electron chi connectivity index (χ4n) is 4.26. The molecule has 0 heterocycles. The van der Waals surface area contributed by atoms with Gasteiger partial charge < -0.3 is 24.8 Å². The molecule has 1 aliphatic carbocycles. The van der Waals surface area contributed by atoms with Gasteiger partial charge in [-0.05, 0) is 60.6 Å². The number of carbonyl (C=O) groups is 2. The molecule has 1 fully saturated rings. The molecular weight excluding hydrogens is 491 g/mol. The normalized spacial score (nSPS) is 15.0. The van der Waals surface area contributed by atoms with E-state index in [0.29, 0.717) is 36.3 Å². The molecule has 0 radical (unpaired) electrons. The Bertz CT molecular complexity index is 1170. The Morgan fingerprint density at radius 2 is 1.71 bits per heavy atom. The molecule has 0 saturated heterocycles. The predicted molar refractivity (Wildman–Crippen MR) is 142 cm³/mol. The summed E-state index contributed by atoms with van der Waals surface area (Å²) in [5, 5.41) is 16.8. The van der Waals surface area contributed by atoms with Crippen molar-refractivity contribution in [2.75, 3.05) is 21.3 Å². The van der Waals surface area contributed by atoms with Gasteiger partial charge in [0.15, 0.2) is 29.0 Å². The zero-order chi connectivity index (χ0) is 27.9. The molecule has 2 atom stereocenters. The standard InChI is InChI=1S/C28H37FN4O5/c1-6-17(2)13-21(26(35)33-28(11-12-28)19-8-9-20(29)23(16-19)37-4)31-27(30)32-25(34)15-18-7-10-22(36-3)24(14-18)38-5/h7-10,14,16-17,21H,6,11-13,15H2,1-5H3,(H,33,35)(H3,30,31,32,34). The summed E-state index contributed by atoms with van der Waals surface area (Å²) in [6, 6.07) is 9.01. The third-order valence-corrected chi connectivity index (χ3v) is 6.86. The molecule has 4 N–H and O–H groups in total. The van der Waals surface area contributed by atoms with E-state index in [-0.39, 0.29) is 30.0 Å². The van der Waals surface area contributed by atoms with Crippen LogP contribution in [0.25, 0.3) is 0 Å². The van der Waals surface area contributed by atoms with Crippen molar-refractivity contribution < 1.29 is 28.2 Å². The van der Waals surface area contributed by atoms with Crippen LogP contribution < -0.4 is 30.2 Å². The van der Waals surface area contributed by atoms with Crippen LogP contribution >= 0.6 is 0 Å². The largest absolute Gasteiger partial charge is 0.494 e. The van der Waals surface area contributed by atoms with Crippen LogP contribution in [0, 0.1) is 17.1 Å². The van der Waals surface area contributed by atoms with Crippen molar-refractivity contribution >= 4 is 17.8 Å². The molecule has 2 aromatic carbocycles. The number of methoxy groups -OCH3 is 3. The first-order chi connectivity index (χ1) is 18.1. The number of ether oxygens (including phenoxy) is 3. The molecule has 0 aromatic heterocycles. The van der Waals surface area contributed by atoms with Gasteiger partial charge in [-0.2, -0.15) is 0 Å². The molecule has 0 aliphatic heterocycles. The summed E-state index contributed by atoms with van der Waals surface area (Å²) in [7, 11) is 4.45. The molecule has 10 heteroatoms. The number of rotatable bonds is 12. The monoisotopic (exact) mass is 528 g/mol. The van der Waals surface area contributed by atoms with Crippen LogP contribution in [0.4, 0.5) is 4.39 Å². The molecule has 9 nitrogen and oxygen atoms in total. The Kier molecular flexibility index (Phi) is 9.55. The van der Waals surface area contributed by atoms with Gasteiger partial charge in [-0.25, -0.2) is 4.39 Å². The second kappa shape index (κ2) is 12.6. The van der Waals surface area contributed by atoms with E-state index in [0.717, 1.165) is 12.0 Å². The van der Waals surface area contributed by atoms with E-state index in [4.69, 9.17) is 19.6 Å². The van der Waals surface area contributed by atoms with Gasteiger partial charge in [0.2, 0.25) is 11.8 Å². The van der Waals surface area contributed by atoms with Crippen LogP contribution in [0.1, 0.15) is 50.7 Å². The number of carbonyl (C=O) groups excluding carboxylic acids is 2. The Morgan fingerprint density at radius 1 is 1.03 bits per heavy atom. The van der Waals surface area contributed by atoms with E-state index in [9.17, 15) is 14.0 Å². The fraction of sp³-hybridized carbons (Fsp3) is 0.464. The lowest BCUT2D eigenvalue weighted by atomic mass is 9.97. The Balaban J connectivity index is 1.66. The molecule has 1 saturated carbocycles. The molecule has 0 spiro atoms. The zero-order valence-electron chi connectivity index (χ0n) is 22.6. The molecular formula is C28H37FN4O5. The highest BCUT2D eigenvalue weighted by atomic mass is 19.1. The van der Waals surface area contributed by atoms with Gasteiger partial charge in [-0.1, -0.05) is 32.4 Å². The zero-order valence-corrected chi connectivity index (χ0v) is 22.6. The smallest absolute Gasteiger partial charge is 0.243 e. The molecule has 2 unspecified atom stereocenters. The second-order valence-corrected chi connectivity index (χ2v) is 9.66. The summed E-state index contributed by atoms with van der Waals surface area (Å²) in [5.74, 6) is -0.0360. The molecule has 2 amide bonds. The highest BCUT2D eigenvalue weighted by molar-refractivity contribution is 5.98. The van der Waals surface area contributed by atoms with E-state index in [2.05, 4.69) is 16.0 Å². The van der Waals surface area contributed by atoms with Crippen molar-refractivity contribution in [3.63, 3.8) is 0 Å². The van der Waals surface area contributed by atoms with E-state index < -0.39 is 23.3 Å². The quantitative estimate of drug-likeness (QED) is 0.247. The van der Waals surface area contributed by atoms with Crippen molar-refractivity contribution in [1.82, 2.24) is 16.0 Å². The maximum absolute atomic E-state index is 13.9. The summed E-state index contributed by atoms with van der Waals surface area (Å²) in [5.41, 5.74) is 0.851. The number of hydrogen-bond acceptors (Lipinski definition) is 6. The molecule has 2 aromatic rings. The van der Waals surface area contributed by atoms with Crippen LogP contribution in [0.3, 0.4) is 0 Å². The first-order valence-electron chi connectivity index (χ1n) is 12.7. The fourth-order valence-corrected chi connectivity index (χ4v) is 4.26. The van der Waals surface area contributed by atoms with Crippen molar-refractivity contribution in [2.24, 2.45) is 5.92 Å². The summed E-state index contributed by atoms with van der Waals surface area (Å²) >= 11 is 0. The van der Waals surface area contributed by atoms with Crippen LogP contribution in [0.5, 0.6) is 17.2 Å². The SMILES string of the molecule is CCC(C)CC(NC(=N)NC(=O)Cc1ccc(OC)c(OC)c1)C(=O)NC1(c2ccc(F)c(OC)c2)CC1. The Hall–Kier alpha value is -3.82. The van der Waals surface area contributed by atoms with Gasteiger partial charge >= 0.3 is 0 Å². The molecule has 206 valence electrons. The van der Waals surface area contributed by atoms with Crippen LogP contribution in [0.15, 0.2) is 36.4 Å². The number of hydrogen-bond donors (Lipinski definition) is 4. The van der Waals surface area contributed by atoms with Crippen molar-refractivity contribution in [3.8, 4) is 17.2 Å². The average Bonchev–Trinajstić information content (AvgIpc) is 3.68. The van der Waals surface area contributed by atoms with E-state index in [1.54, 1.807) is 30.3 Å². The van der Waals surface area contributed by atoms with Gasteiger partial charge in [0.05, 0.1) is 33.3 Å². The van der Waals surface area contributed by atoms with E-state index in [1.165, 1.54) is 27.4 Å². The lowest BCUT2D eigenvalue weighted by Crippen LogP contribution is -2.54. The number of guanidine groups is 1. The Labute approximate surface area is 222 Å². The minimum Gasteiger partial charge on any atom is -0.494 e. The van der Waals surface area contributed by atoms with Gasteiger partial charge in [0.1, 0.15) is 6.04 Å². The molecule has 38 heavy (non-hydrogen) atoms. The number of amides is 2. The molecule has 1 aliphatic rings. The Morgan fingerprint density at radius 3 is 2.32 bits per heavy atom. The maximum atomic E-state index is 13.9. The van der Waals surface area contributed by atoms with Crippen LogP contribution in [-0.4, -0.2) is 45.1 Å². The highest BCUT2D eigenvalue weighted by Crippen LogP contribution is 2.46. The summed E-state index contributed by atoms with van der Waals surface area (Å²) in [6.07, 6.45) is 2.76. The first-order valence-corrected chi connectivity index (χ1v) is 12.7.